The quantitative estimate of drug-likeness (QED) is 0.685. The number of carbonyl (C=O) groups is 1. The van der Waals surface area contributed by atoms with Gasteiger partial charge in [-0.05, 0) is 13.3 Å². The van der Waals surface area contributed by atoms with Crippen LogP contribution in [0.3, 0.4) is 0 Å². The van der Waals surface area contributed by atoms with E-state index in [4.69, 9.17) is 10.4 Å². The van der Waals surface area contributed by atoms with E-state index in [9.17, 15) is 4.79 Å². The van der Waals surface area contributed by atoms with Gasteiger partial charge in [0.05, 0.1) is 6.07 Å². The number of hydrogen-bond acceptors (Lipinski definition) is 2. The second-order valence-corrected chi connectivity index (χ2v) is 1.96. The maximum absolute atomic E-state index is 9.91. The Labute approximate surface area is 66.1 Å². The Morgan fingerprint density at radius 3 is 2.60 bits per heavy atom. The molecule has 0 aromatic rings. The van der Waals surface area contributed by atoms with Gasteiger partial charge in [-0.2, -0.15) is 5.26 Å². The molecule has 1 atom stereocenters. The average Bonchev–Trinajstić information content (AvgIpc) is 1.83. The number of nitriles is 1. The van der Waals surface area contributed by atoms with Crippen LogP contribution in [0.1, 0.15) is 19.8 Å². The summed E-state index contributed by atoms with van der Waals surface area (Å²) in [5.74, 6) is -0.974. The number of carboxylic acid groups (broad SMARTS) is 1. The predicted molar refractivity (Wildman–Crippen MR) is 38.9 cm³/mol. The van der Waals surface area contributed by atoms with Gasteiger partial charge in [0, 0.05) is 12.3 Å². The van der Waals surface area contributed by atoms with Crippen molar-refractivity contribution >= 4 is 18.4 Å². The third-order valence-corrected chi connectivity index (χ3v) is 1.01. The minimum Gasteiger partial charge on any atom is -0.481 e. The van der Waals surface area contributed by atoms with Crippen molar-refractivity contribution in [1.82, 2.24) is 0 Å². The van der Waals surface area contributed by atoms with Gasteiger partial charge < -0.3 is 5.11 Å². The van der Waals surface area contributed by atoms with E-state index in [0.29, 0.717) is 6.42 Å². The Balaban J connectivity index is 0. The summed E-state index contributed by atoms with van der Waals surface area (Å²) in [4.78, 5) is 9.91. The first-order valence-corrected chi connectivity index (χ1v) is 2.78. The van der Waals surface area contributed by atoms with E-state index in [2.05, 4.69) is 0 Å². The van der Waals surface area contributed by atoms with Crippen molar-refractivity contribution in [3.8, 4) is 6.07 Å². The highest BCUT2D eigenvalue weighted by molar-refractivity contribution is 5.85. The largest absolute Gasteiger partial charge is 0.481 e. The van der Waals surface area contributed by atoms with E-state index >= 15 is 0 Å². The smallest absolute Gasteiger partial charge is 0.303 e. The first kappa shape index (κ1) is 12.0. The monoisotopic (exact) mass is 163 g/mol. The van der Waals surface area contributed by atoms with Crippen molar-refractivity contribution in [2.45, 2.75) is 19.8 Å². The Kier molecular flexibility index (Phi) is 7.63. The number of carboxylic acids is 1. The van der Waals surface area contributed by atoms with Gasteiger partial charge in [-0.25, -0.2) is 0 Å². The van der Waals surface area contributed by atoms with Crippen molar-refractivity contribution in [2.24, 2.45) is 5.92 Å². The highest BCUT2D eigenvalue weighted by atomic mass is 35.5. The molecule has 0 fully saturated rings. The van der Waals surface area contributed by atoms with E-state index in [1.54, 1.807) is 6.92 Å². The van der Waals surface area contributed by atoms with Crippen LogP contribution in [0.25, 0.3) is 0 Å². The van der Waals surface area contributed by atoms with Crippen molar-refractivity contribution < 1.29 is 9.90 Å². The number of aliphatic carboxylic acids is 1. The predicted octanol–water partition coefficient (Wildman–Crippen LogP) is 1.43. The number of halogens is 1. The standard InChI is InChI=1S/C6H9NO2.ClH/c1-5(4-7)2-3-6(8)9;/h5H,2-3H2,1H3,(H,8,9);1H. The lowest BCUT2D eigenvalue weighted by Crippen LogP contribution is -1.98. The lowest BCUT2D eigenvalue weighted by Gasteiger charge is -1.95. The third kappa shape index (κ3) is 7.25. The fourth-order valence-corrected chi connectivity index (χ4v) is 0.405. The van der Waals surface area contributed by atoms with E-state index in [-0.39, 0.29) is 24.7 Å². The normalized spacial score (nSPS) is 10.8. The molecular formula is C6H10ClNO2. The Bertz CT molecular complexity index is 141. The molecule has 0 aromatic carbocycles. The molecule has 0 aliphatic carbocycles. The molecule has 0 radical (unpaired) electrons. The summed E-state index contributed by atoms with van der Waals surface area (Å²) >= 11 is 0. The van der Waals surface area contributed by atoms with E-state index in [1.807, 2.05) is 6.07 Å². The van der Waals surface area contributed by atoms with Crippen LogP contribution >= 0.6 is 12.4 Å². The Hall–Kier alpha value is -0.750. The van der Waals surface area contributed by atoms with Crippen LogP contribution in [0.5, 0.6) is 0 Å². The van der Waals surface area contributed by atoms with Gasteiger partial charge in [-0.15, -0.1) is 12.4 Å². The van der Waals surface area contributed by atoms with Gasteiger partial charge in [0.1, 0.15) is 0 Å². The molecular weight excluding hydrogens is 154 g/mol. The van der Waals surface area contributed by atoms with Crippen LogP contribution in [0.15, 0.2) is 0 Å². The molecule has 0 saturated heterocycles. The van der Waals surface area contributed by atoms with Gasteiger partial charge in [0.2, 0.25) is 0 Å². The average molecular weight is 164 g/mol. The summed E-state index contributed by atoms with van der Waals surface area (Å²) < 4.78 is 0. The van der Waals surface area contributed by atoms with E-state index in [1.165, 1.54) is 0 Å². The molecule has 10 heavy (non-hydrogen) atoms. The number of nitrogens with zero attached hydrogens (tertiary/aromatic N) is 1. The van der Waals surface area contributed by atoms with Crippen LogP contribution in [0, 0.1) is 17.2 Å². The fraction of sp³-hybridized carbons (Fsp3) is 0.667. The van der Waals surface area contributed by atoms with E-state index in [0.717, 1.165) is 0 Å². The molecule has 4 heteroatoms. The van der Waals surface area contributed by atoms with Crippen LogP contribution < -0.4 is 0 Å². The van der Waals surface area contributed by atoms with E-state index < -0.39 is 5.97 Å². The highest BCUT2D eigenvalue weighted by Gasteiger charge is 2.02. The second kappa shape index (κ2) is 6.37. The molecule has 1 unspecified atom stereocenters. The fourth-order valence-electron chi connectivity index (χ4n) is 0.405. The number of rotatable bonds is 3. The molecule has 0 amide bonds. The Morgan fingerprint density at radius 1 is 1.80 bits per heavy atom. The van der Waals surface area contributed by atoms with Crippen LogP contribution in [-0.4, -0.2) is 11.1 Å². The van der Waals surface area contributed by atoms with Crippen molar-refractivity contribution in [2.75, 3.05) is 0 Å². The zero-order valence-corrected chi connectivity index (χ0v) is 6.52. The van der Waals surface area contributed by atoms with Crippen molar-refractivity contribution in [3.63, 3.8) is 0 Å². The summed E-state index contributed by atoms with van der Waals surface area (Å²) in [5.41, 5.74) is 0. The maximum atomic E-state index is 9.91. The first-order valence-electron chi connectivity index (χ1n) is 2.78. The molecule has 0 rings (SSSR count). The summed E-state index contributed by atoms with van der Waals surface area (Å²) in [7, 11) is 0. The van der Waals surface area contributed by atoms with Crippen molar-refractivity contribution in [1.29, 1.82) is 5.26 Å². The molecule has 0 bridgehead atoms. The first-order chi connectivity index (χ1) is 4.16. The lowest BCUT2D eigenvalue weighted by atomic mass is 10.1. The van der Waals surface area contributed by atoms with Crippen LogP contribution in [0.2, 0.25) is 0 Å². The molecule has 0 aromatic heterocycles. The SMILES string of the molecule is CC(C#N)CCC(=O)O.Cl. The van der Waals surface area contributed by atoms with Gasteiger partial charge in [0.25, 0.3) is 0 Å². The summed E-state index contributed by atoms with van der Waals surface area (Å²) in [6.07, 6.45) is 0.542. The van der Waals surface area contributed by atoms with Gasteiger partial charge >= 0.3 is 5.97 Å². The summed E-state index contributed by atoms with van der Waals surface area (Å²) in [5, 5.41) is 16.4. The minimum atomic E-state index is -0.836. The van der Waals surface area contributed by atoms with Crippen LogP contribution in [-0.2, 0) is 4.79 Å². The topological polar surface area (TPSA) is 61.1 Å². The summed E-state index contributed by atoms with van der Waals surface area (Å²) in [6, 6.07) is 1.96. The molecule has 0 saturated carbocycles. The highest BCUT2D eigenvalue weighted by Crippen LogP contribution is 2.02. The molecule has 3 nitrogen and oxygen atoms in total. The molecule has 0 heterocycles. The second-order valence-electron chi connectivity index (χ2n) is 1.96. The molecule has 1 N–H and O–H groups in total. The minimum absolute atomic E-state index is 0. The van der Waals surface area contributed by atoms with Gasteiger partial charge in [-0.1, -0.05) is 0 Å². The van der Waals surface area contributed by atoms with Crippen molar-refractivity contribution in [3.05, 3.63) is 0 Å². The number of hydrogen-bond donors (Lipinski definition) is 1. The Morgan fingerprint density at radius 2 is 2.30 bits per heavy atom. The molecule has 0 aliphatic rings. The zero-order chi connectivity index (χ0) is 7.28. The summed E-state index contributed by atoms with van der Waals surface area (Å²) in [6.45, 7) is 1.71. The molecule has 0 aliphatic heterocycles. The van der Waals surface area contributed by atoms with Crippen LogP contribution in [0.4, 0.5) is 0 Å². The van der Waals surface area contributed by atoms with Gasteiger partial charge in [-0.3, -0.25) is 4.79 Å². The lowest BCUT2D eigenvalue weighted by molar-refractivity contribution is -0.137. The van der Waals surface area contributed by atoms with Gasteiger partial charge in [0.15, 0.2) is 0 Å². The maximum Gasteiger partial charge on any atom is 0.303 e. The molecule has 0 spiro atoms. The molecule has 58 valence electrons. The third-order valence-electron chi connectivity index (χ3n) is 1.01. The zero-order valence-electron chi connectivity index (χ0n) is 5.70.